The number of hydrogen-bond acceptors (Lipinski definition) is 3. The fourth-order valence-corrected chi connectivity index (χ4v) is 2.58. The number of carboxylic acids is 1. The molecule has 0 aromatic carbocycles. The number of rotatable bonds is 5. The zero-order chi connectivity index (χ0) is 14.5. The van der Waals surface area contributed by atoms with Crippen LogP contribution in [0.1, 0.15) is 26.2 Å². The summed E-state index contributed by atoms with van der Waals surface area (Å²) in [5, 5.41) is 18.0. The molecule has 2 atom stereocenters. The van der Waals surface area contributed by atoms with Crippen LogP contribution in [0.2, 0.25) is 0 Å². The van der Waals surface area contributed by atoms with Crippen molar-refractivity contribution < 1.29 is 14.7 Å². The van der Waals surface area contributed by atoms with Gasteiger partial charge in [0.1, 0.15) is 6.54 Å². The maximum absolute atomic E-state index is 11.7. The number of aliphatic carboxylic acids is 1. The van der Waals surface area contributed by atoms with Gasteiger partial charge in [-0.25, -0.2) is 4.79 Å². The summed E-state index contributed by atoms with van der Waals surface area (Å²) >= 11 is 0. The summed E-state index contributed by atoms with van der Waals surface area (Å²) in [6, 6.07) is -0.279. The van der Waals surface area contributed by atoms with E-state index in [1.165, 1.54) is 29.9 Å². The zero-order valence-corrected chi connectivity index (χ0v) is 11.5. The largest absolute Gasteiger partial charge is 0.480 e. The van der Waals surface area contributed by atoms with E-state index < -0.39 is 5.97 Å². The fourth-order valence-electron chi connectivity index (χ4n) is 2.58. The van der Waals surface area contributed by atoms with Gasteiger partial charge < -0.3 is 15.7 Å². The van der Waals surface area contributed by atoms with E-state index in [4.69, 9.17) is 5.11 Å². The Balaban J connectivity index is 1.76. The maximum atomic E-state index is 11.7. The van der Waals surface area contributed by atoms with Crippen LogP contribution < -0.4 is 10.6 Å². The van der Waals surface area contributed by atoms with E-state index in [2.05, 4.69) is 22.7 Å². The molecule has 7 nitrogen and oxygen atoms in total. The van der Waals surface area contributed by atoms with Crippen LogP contribution in [0.3, 0.4) is 0 Å². The van der Waals surface area contributed by atoms with Crippen molar-refractivity contribution >= 4 is 17.7 Å². The van der Waals surface area contributed by atoms with Crippen LogP contribution in [0.4, 0.5) is 10.5 Å². The zero-order valence-electron chi connectivity index (χ0n) is 11.5. The first-order chi connectivity index (χ1) is 9.54. The average Bonchev–Trinajstić information content (AvgIpc) is 2.96. The van der Waals surface area contributed by atoms with Gasteiger partial charge in [-0.3, -0.25) is 9.48 Å². The lowest BCUT2D eigenvalue weighted by molar-refractivity contribution is -0.137. The first-order valence-corrected chi connectivity index (χ1v) is 6.83. The molecule has 20 heavy (non-hydrogen) atoms. The molecule has 2 amide bonds. The van der Waals surface area contributed by atoms with Gasteiger partial charge in [0.2, 0.25) is 0 Å². The van der Waals surface area contributed by atoms with E-state index in [0.29, 0.717) is 24.1 Å². The Hall–Kier alpha value is -2.05. The van der Waals surface area contributed by atoms with E-state index in [1.54, 1.807) is 0 Å². The molecule has 0 spiro atoms. The van der Waals surface area contributed by atoms with Gasteiger partial charge in [-0.05, 0) is 18.3 Å². The summed E-state index contributed by atoms with van der Waals surface area (Å²) < 4.78 is 1.26. The molecule has 2 rings (SSSR count). The van der Waals surface area contributed by atoms with Crippen molar-refractivity contribution in [3.63, 3.8) is 0 Å². The molecule has 0 radical (unpaired) electrons. The summed E-state index contributed by atoms with van der Waals surface area (Å²) in [4.78, 5) is 22.3. The van der Waals surface area contributed by atoms with E-state index in [9.17, 15) is 9.59 Å². The number of nitrogens with zero attached hydrogens (tertiary/aromatic N) is 2. The molecule has 7 heteroatoms. The average molecular weight is 280 g/mol. The Bertz CT molecular complexity index is 486. The normalized spacial score (nSPS) is 21.6. The predicted octanol–water partition coefficient (Wildman–Crippen LogP) is 1.53. The molecule has 110 valence electrons. The highest BCUT2D eigenvalue weighted by Crippen LogP contribution is 2.30. The van der Waals surface area contributed by atoms with E-state index in [0.717, 1.165) is 6.42 Å². The molecule has 0 saturated heterocycles. The number of hydrogen-bond donors (Lipinski definition) is 3. The molecule has 1 saturated carbocycles. The van der Waals surface area contributed by atoms with Crippen LogP contribution >= 0.6 is 0 Å². The van der Waals surface area contributed by atoms with Gasteiger partial charge >= 0.3 is 12.0 Å². The van der Waals surface area contributed by atoms with Gasteiger partial charge in [-0.15, -0.1) is 0 Å². The van der Waals surface area contributed by atoms with Crippen molar-refractivity contribution in [2.75, 3.05) is 11.9 Å². The van der Waals surface area contributed by atoms with Crippen molar-refractivity contribution in [2.24, 2.45) is 11.8 Å². The number of anilines is 1. The highest BCUT2D eigenvalue weighted by Gasteiger charge is 2.23. The monoisotopic (exact) mass is 280 g/mol. The third kappa shape index (κ3) is 3.97. The smallest absolute Gasteiger partial charge is 0.325 e. The lowest BCUT2D eigenvalue weighted by atomic mass is 9.98. The molecule has 1 fully saturated rings. The summed E-state index contributed by atoms with van der Waals surface area (Å²) in [5.41, 5.74) is 0.489. The number of urea groups is 1. The van der Waals surface area contributed by atoms with Crippen molar-refractivity contribution in [2.45, 2.75) is 32.7 Å². The minimum atomic E-state index is -0.973. The lowest BCUT2D eigenvalue weighted by Gasteiger charge is -2.15. The quantitative estimate of drug-likeness (QED) is 0.762. The van der Waals surface area contributed by atoms with E-state index in [-0.39, 0.29) is 12.6 Å². The first kappa shape index (κ1) is 14.4. The van der Waals surface area contributed by atoms with Crippen molar-refractivity contribution in [1.29, 1.82) is 0 Å². The lowest BCUT2D eigenvalue weighted by Crippen LogP contribution is -2.33. The summed E-state index contributed by atoms with van der Waals surface area (Å²) in [6.07, 6.45) is 6.55. The molecule has 0 aliphatic heterocycles. The van der Waals surface area contributed by atoms with Gasteiger partial charge in [-0.1, -0.05) is 19.8 Å². The van der Waals surface area contributed by atoms with Crippen LogP contribution in [0.25, 0.3) is 0 Å². The standard InChI is InChI=1S/C13H20N4O3/c1-9-3-2-4-10(9)5-14-13(20)16-11-6-15-17(7-11)8-12(18)19/h6-7,9-10H,2-5,8H2,1H3,(H,18,19)(H2,14,16,20). The molecular formula is C13H20N4O3. The Morgan fingerprint density at radius 3 is 2.95 bits per heavy atom. The molecule has 2 unspecified atom stereocenters. The fraction of sp³-hybridized carbons (Fsp3) is 0.615. The van der Waals surface area contributed by atoms with Gasteiger partial charge in [0.15, 0.2) is 0 Å². The van der Waals surface area contributed by atoms with Crippen molar-refractivity contribution in [3.05, 3.63) is 12.4 Å². The number of carboxylic acid groups (broad SMARTS) is 1. The van der Waals surface area contributed by atoms with Crippen LogP contribution in [0, 0.1) is 11.8 Å². The Morgan fingerprint density at radius 1 is 1.50 bits per heavy atom. The second-order valence-corrected chi connectivity index (χ2v) is 5.32. The van der Waals surface area contributed by atoms with Crippen LogP contribution in [0.5, 0.6) is 0 Å². The van der Waals surface area contributed by atoms with Crippen LogP contribution in [0.15, 0.2) is 12.4 Å². The Kier molecular flexibility index (Phi) is 4.60. The number of carbonyl (C=O) groups is 2. The number of aromatic nitrogens is 2. The molecule has 1 aliphatic rings. The Morgan fingerprint density at radius 2 is 2.30 bits per heavy atom. The molecule has 0 bridgehead atoms. The second-order valence-electron chi connectivity index (χ2n) is 5.32. The van der Waals surface area contributed by atoms with Crippen LogP contribution in [-0.4, -0.2) is 33.4 Å². The Labute approximate surface area is 117 Å². The molecule has 1 aromatic rings. The summed E-state index contributed by atoms with van der Waals surface area (Å²) in [7, 11) is 0. The number of amides is 2. The first-order valence-electron chi connectivity index (χ1n) is 6.83. The highest BCUT2D eigenvalue weighted by molar-refractivity contribution is 5.88. The molecule has 1 aliphatic carbocycles. The van der Waals surface area contributed by atoms with Gasteiger partial charge in [0.05, 0.1) is 11.9 Å². The second kappa shape index (κ2) is 6.40. The van der Waals surface area contributed by atoms with E-state index >= 15 is 0 Å². The number of carbonyl (C=O) groups excluding carboxylic acids is 1. The third-order valence-electron chi connectivity index (χ3n) is 3.75. The predicted molar refractivity (Wildman–Crippen MR) is 73.4 cm³/mol. The summed E-state index contributed by atoms with van der Waals surface area (Å²) in [6.45, 7) is 2.67. The van der Waals surface area contributed by atoms with Crippen LogP contribution in [-0.2, 0) is 11.3 Å². The van der Waals surface area contributed by atoms with E-state index in [1.807, 2.05) is 0 Å². The van der Waals surface area contributed by atoms with Gasteiger partial charge in [0, 0.05) is 12.7 Å². The third-order valence-corrected chi connectivity index (χ3v) is 3.75. The molecular weight excluding hydrogens is 260 g/mol. The van der Waals surface area contributed by atoms with Gasteiger partial charge in [-0.2, -0.15) is 5.10 Å². The molecule has 3 N–H and O–H groups in total. The minimum Gasteiger partial charge on any atom is -0.480 e. The molecule has 1 heterocycles. The maximum Gasteiger partial charge on any atom is 0.325 e. The number of nitrogens with one attached hydrogen (secondary N) is 2. The van der Waals surface area contributed by atoms with Crippen molar-refractivity contribution in [3.8, 4) is 0 Å². The highest BCUT2D eigenvalue weighted by atomic mass is 16.4. The minimum absolute atomic E-state index is 0.219. The van der Waals surface area contributed by atoms with Gasteiger partial charge in [0.25, 0.3) is 0 Å². The summed E-state index contributed by atoms with van der Waals surface area (Å²) in [5.74, 6) is 0.239. The topological polar surface area (TPSA) is 96.3 Å². The van der Waals surface area contributed by atoms with Crippen molar-refractivity contribution in [1.82, 2.24) is 15.1 Å². The SMILES string of the molecule is CC1CCCC1CNC(=O)Nc1cnn(CC(=O)O)c1. The molecule has 1 aromatic heterocycles.